The topological polar surface area (TPSA) is 48.0 Å². The largest absolute Gasteiger partial charge is 0.496 e. The number of halogens is 2. The van der Waals surface area contributed by atoms with Gasteiger partial charge < -0.3 is 19.1 Å². The van der Waals surface area contributed by atoms with Gasteiger partial charge in [0, 0.05) is 24.8 Å². The molecule has 0 aliphatic rings. The fourth-order valence-electron chi connectivity index (χ4n) is 2.65. The first-order valence-electron chi connectivity index (χ1n) is 8.52. The number of hydrogen-bond donors (Lipinski definition) is 0. The third-order valence-electron chi connectivity index (χ3n) is 4.50. The van der Waals surface area contributed by atoms with Gasteiger partial charge in [-0.05, 0) is 36.8 Å². The van der Waals surface area contributed by atoms with Crippen LogP contribution < -0.4 is 14.2 Å². The Morgan fingerprint density at radius 2 is 1.57 bits per heavy atom. The molecule has 1 unspecified atom stereocenters. The van der Waals surface area contributed by atoms with Crippen LogP contribution in [-0.2, 0) is 4.79 Å². The fraction of sp³-hybridized carbons (Fsp3) is 0.286. The second-order valence-electron chi connectivity index (χ2n) is 6.08. The maximum atomic E-state index is 13.5. The van der Waals surface area contributed by atoms with Crippen molar-refractivity contribution in [2.24, 2.45) is 0 Å². The van der Waals surface area contributed by atoms with Crippen LogP contribution in [0.1, 0.15) is 24.1 Å². The van der Waals surface area contributed by atoms with Crippen molar-refractivity contribution in [3.05, 3.63) is 59.2 Å². The summed E-state index contributed by atoms with van der Waals surface area (Å²) in [7, 11) is 6.13. The van der Waals surface area contributed by atoms with E-state index in [0.717, 1.165) is 12.1 Å². The number of amides is 1. The first-order chi connectivity index (χ1) is 13.3. The minimum Gasteiger partial charge on any atom is -0.496 e. The number of carbonyl (C=O) groups is 1. The predicted molar refractivity (Wildman–Crippen MR) is 103 cm³/mol. The van der Waals surface area contributed by atoms with Gasteiger partial charge in [0.15, 0.2) is 23.1 Å². The lowest BCUT2D eigenvalue weighted by Gasteiger charge is -2.24. The third kappa shape index (κ3) is 4.60. The summed E-state index contributed by atoms with van der Waals surface area (Å²) in [6, 6.07) is 6.50. The number of methoxy groups -OCH3 is 3. The van der Waals surface area contributed by atoms with E-state index in [0.29, 0.717) is 28.4 Å². The monoisotopic (exact) mass is 391 g/mol. The third-order valence-corrected chi connectivity index (χ3v) is 4.50. The molecule has 2 rings (SSSR count). The SMILES string of the molecule is COc1cc(OC)c(OC)cc1/C=C/C(=O)N(C)C(C)c1ccc(F)c(F)c1. The van der Waals surface area contributed by atoms with Gasteiger partial charge in [-0.15, -0.1) is 0 Å². The van der Waals surface area contributed by atoms with E-state index in [1.807, 2.05) is 0 Å². The average Bonchev–Trinajstić information content (AvgIpc) is 2.71. The Labute approximate surface area is 163 Å². The Bertz CT molecular complexity index is 883. The molecule has 1 atom stereocenters. The van der Waals surface area contributed by atoms with E-state index >= 15 is 0 Å². The molecule has 2 aromatic rings. The van der Waals surface area contributed by atoms with Crippen LogP contribution in [0, 0.1) is 11.6 Å². The Morgan fingerprint density at radius 1 is 0.964 bits per heavy atom. The molecule has 0 aliphatic carbocycles. The molecule has 0 N–H and O–H groups in total. The molecule has 2 aromatic carbocycles. The van der Waals surface area contributed by atoms with Crippen LogP contribution in [-0.4, -0.2) is 39.2 Å². The average molecular weight is 391 g/mol. The van der Waals surface area contributed by atoms with Crippen molar-refractivity contribution in [2.75, 3.05) is 28.4 Å². The Kier molecular flexibility index (Phi) is 6.98. The van der Waals surface area contributed by atoms with Gasteiger partial charge in [-0.25, -0.2) is 8.78 Å². The van der Waals surface area contributed by atoms with Crippen LogP contribution in [0.5, 0.6) is 17.2 Å². The van der Waals surface area contributed by atoms with Crippen LogP contribution in [0.2, 0.25) is 0 Å². The van der Waals surface area contributed by atoms with E-state index in [1.54, 1.807) is 32.2 Å². The van der Waals surface area contributed by atoms with Crippen LogP contribution in [0.15, 0.2) is 36.4 Å². The summed E-state index contributed by atoms with van der Waals surface area (Å²) in [5.41, 5.74) is 1.12. The Morgan fingerprint density at radius 3 is 2.14 bits per heavy atom. The van der Waals surface area contributed by atoms with E-state index in [-0.39, 0.29) is 5.91 Å². The zero-order valence-corrected chi connectivity index (χ0v) is 16.5. The highest BCUT2D eigenvalue weighted by Gasteiger charge is 2.17. The van der Waals surface area contributed by atoms with Crippen molar-refractivity contribution in [3.8, 4) is 17.2 Å². The summed E-state index contributed by atoms with van der Waals surface area (Å²) in [6.45, 7) is 1.73. The van der Waals surface area contributed by atoms with Crippen LogP contribution in [0.3, 0.4) is 0 Å². The first-order valence-corrected chi connectivity index (χ1v) is 8.52. The molecule has 0 heterocycles. The van der Waals surface area contributed by atoms with Gasteiger partial charge in [0.05, 0.1) is 27.4 Å². The lowest BCUT2D eigenvalue weighted by molar-refractivity contribution is -0.126. The number of hydrogen-bond acceptors (Lipinski definition) is 4. The molecule has 0 fully saturated rings. The van der Waals surface area contributed by atoms with Crippen molar-refractivity contribution in [3.63, 3.8) is 0 Å². The van der Waals surface area contributed by atoms with Gasteiger partial charge in [-0.2, -0.15) is 0 Å². The highest BCUT2D eigenvalue weighted by Crippen LogP contribution is 2.35. The lowest BCUT2D eigenvalue weighted by Crippen LogP contribution is -2.28. The van der Waals surface area contributed by atoms with E-state index < -0.39 is 17.7 Å². The van der Waals surface area contributed by atoms with Crippen molar-refractivity contribution >= 4 is 12.0 Å². The molecule has 0 spiro atoms. The fourth-order valence-corrected chi connectivity index (χ4v) is 2.65. The molecule has 0 saturated carbocycles. The highest BCUT2D eigenvalue weighted by atomic mass is 19.2. The molecule has 0 saturated heterocycles. The zero-order valence-electron chi connectivity index (χ0n) is 16.5. The molecule has 150 valence electrons. The Hall–Kier alpha value is -3.09. The van der Waals surface area contributed by atoms with Gasteiger partial charge in [0.2, 0.25) is 5.91 Å². The molecular weight excluding hydrogens is 368 g/mol. The van der Waals surface area contributed by atoms with Gasteiger partial charge in [-0.3, -0.25) is 4.79 Å². The number of carbonyl (C=O) groups excluding carboxylic acids is 1. The minimum atomic E-state index is -0.948. The van der Waals surface area contributed by atoms with Gasteiger partial charge >= 0.3 is 0 Å². The number of ether oxygens (including phenoxy) is 3. The van der Waals surface area contributed by atoms with E-state index in [4.69, 9.17) is 14.2 Å². The second-order valence-corrected chi connectivity index (χ2v) is 6.08. The van der Waals surface area contributed by atoms with E-state index in [2.05, 4.69) is 0 Å². The number of likely N-dealkylation sites (N-methyl/N-ethyl adjacent to an activating group) is 1. The predicted octanol–water partition coefficient (Wildman–Crippen LogP) is 4.22. The molecule has 7 heteroatoms. The summed E-state index contributed by atoms with van der Waals surface area (Å²) < 4.78 is 42.4. The molecular formula is C21H23F2NO4. The summed E-state index contributed by atoms with van der Waals surface area (Å²) >= 11 is 0. The Balaban J connectivity index is 2.23. The summed E-state index contributed by atoms with van der Waals surface area (Å²) in [6.07, 6.45) is 2.97. The maximum absolute atomic E-state index is 13.5. The van der Waals surface area contributed by atoms with E-state index in [9.17, 15) is 13.6 Å². The quantitative estimate of drug-likeness (QED) is 0.663. The van der Waals surface area contributed by atoms with Gasteiger partial charge in [-0.1, -0.05) is 6.07 Å². The van der Waals surface area contributed by atoms with Crippen LogP contribution in [0.4, 0.5) is 8.78 Å². The van der Waals surface area contributed by atoms with Crippen molar-refractivity contribution in [1.29, 1.82) is 0 Å². The van der Waals surface area contributed by atoms with Gasteiger partial charge in [0.25, 0.3) is 0 Å². The number of rotatable bonds is 7. The minimum absolute atomic E-state index is 0.311. The van der Waals surface area contributed by atoms with Crippen LogP contribution in [0.25, 0.3) is 6.08 Å². The maximum Gasteiger partial charge on any atom is 0.246 e. The summed E-state index contributed by atoms with van der Waals surface area (Å²) in [5.74, 6) is -0.668. The number of nitrogens with zero attached hydrogens (tertiary/aromatic N) is 1. The lowest BCUT2D eigenvalue weighted by atomic mass is 10.1. The molecule has 0 radical (unpaired) electrons. The van der Waals surface area contributed by atoms with E-state index in [1.165, 1.54) is 38.4 Å². The number of benzene rings is 2. The highest BCUT2D eigenvalue weighted by molar-refractivity contribution is 5.92. The molecule has 0 aromatic heterocycles. The second kappa shape index (κ2) is 9.21. The van der Waals surface area contributed by atoms with Gasteiger partial charge in [0.1, 0.15) is 5.75 Å². The summed E-state index contributed by atoms with van der Waals surface area (Å²) in [4.78, 5) is 14.0. The van der Waals surface area contributed by atoms with Crippen LogP contribution >= 0.6 is 0 Å². The molecule has 28 heavy (non-hydrogen) atoms. The summed E-state index contributed by atoms with van der Waals surface area (Å²) in [5, 5.41) is 0. The molecule has 5 nitrogen and oxygen atoms in total. The zero-order chi connectivity index (χ0) is 20.8. The molecule has 1 amide bonds. The molecule has 0 aliphatic heterocycles. The molecule has 0 bridgehead atoms. The standard InChI is InChI=1S/C21H23F2NO4/c1-13(14-6-8-16(22)17(23)10-14)24(2)21(25)9-7-15-11-19(27-4)20(28-5)12-18(15)26-3/h6-13H,1-5H3/b9-7+. The first kappa shape index (κ1) is 21.2. The van der Waals surface area contributed by atoms with Crippen molar-refractivity contribution < 1.29 is 27.8 Å². The smallest absolute Gasteiger partial charge is 0.246 e. The van der Waals surface area contributed by atoms with Crippen molar-refractivity contribution in [1.82, 2.24) is 4.90 Å². The normalized spacial score (nSPS) is 12.0. The van der Waals surface area contributed by atoms with Crippen molar-refractivity contribution in [2.45, 2.75) is 13.0 Å².